The van der Waals surface area contributed by atoms with Gasteiger partial charge >= 0.3 is 0 Å². The predicted octanol–water partition coefficient (Wildman–Crippen LogP) is 5.34. The first-order valence-corrected chi connectivity index (χ1v) is 9.00. The molecule has 2 aromatic carbocycles. The Morgan fingerprint density at radius 3 is 2.38 bits per heavy atom. The molecule has 0 aliphatic rings. The van der Waals surface area contributed by atoms with Crippen molar-refractivity contribution >= 4 is 40.7 Å². The lowest BCUT2D eigenvalue weighted by molar-refractivity contribution is 0.668. The SMILES string of the molecule is CC(C)N(Cc1ccccc1)c1cnnc(Nc2cc(Cl)cc(Cl)c2)n1. The smallest absolute Gasteiger partial charge is 0.249 e. The lowest BCUT2D eigenvalue weighted by Gasteiger charge is -2.27. The fraction of sp³-hybridized carbons (Fsp3) is 0.211. The molecule has 0 aliphatic heterocycles. The summed E-state index contributed by atoms with van der Waals surface area (Å²) in [4.78, 5) is 6.77. The van der Waals surface area contributed by atoms with Crippen LogP contribution >= 0.6 is 23.2 Å². The predicted molar refractivity (Wildman–Crippen MR) is 107 cm³/mol. The van der Waals surface area contributed by atoms with Gasteiger partial charge in [-0.3, -0.25) is 0 Å². The van der Waals surface area contributed by atoms with E-state index < -0.39 is 0 Å². The lowest BCUT2D eigenvalue weighted by Crippen LogP contribution is -2.31. The maximum Gasteiger partial charge on any atom is 0.249 e. The van der Waals surface area contributed by atoms with Gasteiger partial charge in [0, 0.05) is 28.3 Å². The highest BCUT2D eigenvalue weighted by molar-refractivity contribution is 6.35. The Labute approximate surface area is 163 Å². The topological polar surface area (TPSA) is 53.9 Å². The van der Waals surface area contributed by atoms with Crippen LogP contribution in [0.5, 0.6) is 0 Å². The van der Waals surface area contributed by atoms with Crippen LogP contribution in [0.2, 0.25) is 10.0 Å². The van der Waals surface area contributed by atoms with Crippen molar-refractivity contribution in [3.8, 4) is 0 Å². The summed E-state index contributed by atoms with van der Waals surface area (Å²) in [6, 6.07) is 15.7. The van der Waals surface area contributed by atoms with Gasteiger partial charge < -0.3 is 10.2 Å². The van der Waals surface area contributed by atoms with Crippen LogP contribution in [-0.4, -0.2) is 21.2 Å². The molecule has 0 unspecified atom stereocenters. The number of hydrogen-bond acceptors (Lipinski definition) is 5. The van der Waals surface area contributed by atoms with Crippen LogP contribution in [0.1, 0.15) is 19.4 Å². The minimum absolute atomic E-state index is 0.250. The number of rotatable bonds is 6. The van der Waals surface area contributed by atoms with E-state index in [1.54, 1.807) is 24.4 Å². The number of benzene rings is 2. The van der Waals surface area contributed by atoms with Gasteiger partial charge in [0.15, 0.2) is 5.82 Å². The highest BCUT2D eigenvalue weighted by Gasteiger charge is 2.14. The molecule has 7 heteroatoms. The summed E-state index contributed by atoms with van der Waals surface area (Å²) in [5.41, 5.74) is 1.91. The van der Waals surface area contributed by atoms with Crippen LogP contribution in [-0.2, 0) is 6.54 Å². The van der Waals surface area contributed by atoms with E-state index in [4.69, 9.17) is 23.2 Å². The Bertz CT molecular complexity index is 851. The second-order valence-electron chi connectivity index (χ2n) is 6.13. The van der Waals surface area contributed by atoms with Gasteiger partial charge in [-0.2, -0.15) is 10.1 Å². The van der Waals surface area contributed by atoms with Crippen LogP contribution in [0, 0.1) is 0 Å². The van der Waals surface area contributed by atoms with Crippen LogP contribution in [0.25, 0.3) is 0 Å². The first kappa shape index (κ1) is 18.4. The first-order valence-electron chi connectivity index (χ1n) is 8.24. The summed E-state index contributed by atoms with van der Waals surface area (Å²) in [7, 11) is 0. The monoisotopic (exact) mass is 387 g/mol. The van der Waals surface area contributed by atoms with E-state index >= 15 is 0 Å². The van der Waals surface area contributed by atoms with E-state index in [2.05, 4.69) is 51.4 Å². The van der Waals surface area contributed by atoms with Crippen molar-refractivity contribution < 1.29 is 0 Å². The van der Waals surface area contributed by atoms with E-state index in [0.717, 1.165) is 12.4 Å². The Kier molecular flexibility index (Phi) is 5.91. The molecule has 1 heterocycles. The van der Waals surface area contributed by atoms with Crippen LogP contribution in [0.4, 0.5) is 17.5 Å². The molecule has 26 heavy (non-hydrogen) atoms. The fourth-order valence-electron chi connectivity index (χ4n) is 2.55. The minimum atomic E-state index is 0.250. The third kappa shape index (κ3) is 4.84. The molecule has 0 radical (unpaired) electrons. The van der Waals surface area contributed by atoms with Gasteiger partial charge in [0.05, 0.1) is 6.20 Å². The quantitative estimate of drug-likeness (QED) is 0.618. The number of nitrogens with one attached hydrogen (secondary N) is 1. The maximum atomic E-state index is 6.04. The summed E-state index contributed by atoms with van der Waals surface area (Å²) >= 11 is 12.1. The van der Waals surface area contributed by atoms with Gasteiger partial charge in [0.1, 0.15) is 0 Å². The molecule has 5 nitrogen and oxygen atoms in total. The Morgan fingerprint density at radius 1 is 1.04 bits per heavy atom. The van der Waals surface area contributed by atoms with Crippen LogP contribution in [0.3, 0.4) is 0 Å². The summed E-state index contributed by atoms with van der Waals surface area (Å²) in [6.07, 6.45) is 1.67. The molecule has 3 rings (SSSR count). The second-order valence-corrected chi connectivity index (χ2v) is 7.00. The molecule has 1 aromatic heterocycles. The maximum absolute atomic E-state index is 6.04. The van der Waals surface area contributed by atoms with Gasteiger partial charge in [-0.05, 0) is 37.6 Å². The number of nitrogens with zero attached hydrogens (tertiary/aromatic N) is 4. The molecular formula is C19H19Cl2N5. The van der Waals surface area contributed by atoms with Gasteiger partial charge in [-0.15, -0.1) is 5.10 Å². The van der Waals surface area contributed by atoms with Crippen molar-refractivity contribution in [2.45, 2.75) is 26.4 Å². The lowest BCUT2D eigenvalue weighted by atomic mass is 10.2. The third-order valence-electron chi connectivity index (χ3n) is 3.78. The van der Waals surface area contributed by atoms with Crippen molar-refractivity contribution in [3.63, 3.8) is 0 Å². The van der Waals surface area contributed by atoms with Gasteiger partial charge in [-0.1, -0.05) is 53.5 Å². The highest BCUT2D eigenvalue weighted by atomic mass is 35.5. The summed E-state index contributed by atoms with van der Waals surface area (Å²) in [5.74, 6) is 1.13. The molecule has 0 bridgehead atoms. The average molecular weight is 388 g/mol. The average Bonchev–Trinajstić information content (AvgIpc) is 2.59. The Hall–Kier alpha value is -2.37. The molecule has 134 valence electrons. The number of hydrogen-bond donors (Lipinski definition) is 1. The van der Waals surface area contributed by atoms with Gasteiger partial charge in [0.2, 0.25) is 5.95 Å². The van der Waals surface area contributed by atoms with E-state index in [0.29, 0.717) is 21.7 Å². The Balaban J connectivity index is 1.84. The first-order chi connectivity index (χ1) is 12.5. The molecule has 0 aliphatic carbocycles. The zero-order chi connectivity index (χ0) is 18.5. The van der Waals surface area contributed by atoms with Gasteiger partial charge in [0.25, 0.3) is 0 Å². The zero-order valence-electron chi connectivity index (χ0n) is 14.5. The summed E-state index contributed by atoms with van der Waals surface area (Å²) < 4.78 is 0. The molecule has 1 N–H and O–H groups in total. The third-order valence-corrected chi connectivity index (χ3v) is 4.21. The molecule has 0 amide bonds. The number of anilines is 3. The molecular weight excluding hydrogens is 369 g/mol. The van der Waals surface area contributed by atoms with Crippen LogP contribution < -0.4 is 10.2 Å². The molecule has 0 saturated heterocycles. The minimum Gasteiger partial charge on any atom is -0.348 e. The molecule has 3 aromatic rings. The van der Waals surface area contributed by atoms with E-state index in [-0.39, 0.29) is 6.04 Å². The van der Waals surface area contributed by atoms with E-state index in [9.17, 15) is 0 Å². The van der Waals surface area contributed by atoms with Crippen molar-refractivity contribution in [2.24, 2.45) is 0 Å². The normalized spacial score (nSPS) is 10.8. The standard InChI is InChI=1S/C19H19Cl2N5/c1-13(2)26(12-14-6-4-3-5-7-14)18-11-22-25-19(24-18)23-17-9-15(20)8-16(21)10-17/h3-11,13H,12H2,1-2H3,(H,23,24,25). The Morgan fingerprint density at radius 2 is 1.73 bits per heavy atom. The van der Waals surface area contributed by atoms with Crippen molar-refractivity contribution in [1.29, 1.82) is 0 Å². The molecule has 0 spiro atoms. The van der Waals surface area contributed by atoms with Crippen molar-refractivity contribution in [1.82, 2.24) is 15.2 Å². The fourth-order valence-corrected chi connectivity index (χ4v) is 3.08. The molecule has 0 saturated carbocycles. The number of aromatic nitrogens is 3. The van der Waals surface area contributed by atoms with Crippen LogP contribution in [0.15, 0.2) is 54.7 Å². The second kappa shape index (κ2) is 8.34. The zero-order valence-corrected chi connectivity index (χ0v) is 16.0. The van der Waals surface area contributed by atoms with E-state index in [1.807, 2.05) is 18.2 Å². The van der Waals surface area contributed by atoms with E-state index in [1.165, 1.54) is 5.56 Å². The summed E-state index contributed by atoms with van der Waals surface area (Å²) in [6.45, 7) is 4.98. The van der Waals surface area contributed by atoms with Crippen molar-refractivity contribution in [2.75, 3.05) is 10.2 Å². The highest BCUT2D eigenvalue weighted by Crippen LogP contribution is 2.25. The summed E-state index contributed by atoms with van der Waals surface area (Å²) in [5, 5.41) is 12.3. The largest absolute Gasteiger partial charge is 0.348 e. The van der Waals surface area contributed by atoms with Gasteiger partial charge in [-0.25, -0.2) is 0 Å². The van der Waals surface area contributed by atoms with Crippen molar-refractivity contribution in [3.05, 3.63) is 70.3 Å². The molecule has 0 fully saturated rings. The number of halogens is 2. The molecule has 0 atom stereocenters.